The lowest BCUT2D eigenvalue weighted by molar-refractivity contribution is -0.140. The zero-order chi connectivity index (χ0) is 17.4. The average molecular weight is 331 g/mol. The third-order valence-corrected chi connectivity index (χ3v) is 3.72. The monoisotopic (exact) mass is 331 g/mol. The minimum absolute atomic E-state index is 0.0732. The lowest BCUT2D eigenvalue weighted by Crippen LogP contribution is -2.51. The summed E-state index contributed by atoms with van der Waals surface area (Å²) < 4.78 is 11.0. The van der Waals surface area contributed by atoms with Crippen LogP contribution in [-0.4, -0.2) is 61.0 Å². The predicted molar refractivity (Wildman–Crippen MR) is 86.5 cm³/mol. The number of hydrogen-bond acceptors (Lipinski definition) is 5. The van der Waals surface area contributed by atoms with Crippen molar-refractivity contribution in [1.29, 1.82) is 5.26 Å². The molecule has 0 aromatic heterocycles. The molecule has 0 radical (unpaired) electrons. The van der Waals surface area contributed by atoms with Gasteiger partial charge in [0, 0.05) is 26.2 Å². The van der Waals surface area contributed by atoms with Gasteiger partial charge in [0.1, 0.15) is 6.42 Å². The molecule has 1 aromatic carbocycles. The first kappa shape index (κ1) is 17.6. The van der Waals surface area contributed by atoms with Crippen LogP contribution in [0, 0.1) is 11.3 Å². The number of piperazine rings is 1. The van der Waals surface area contributed by atoms with E-state index in [1.54, 1.807) is 21.9 Å². The van der Waals surface area contributed by atoms with Gasteiger partial charge in [-0.2, -0.15) is 5.26 Å². The highest BCUT2D eigenvalue weighted by Gasteiger charge is 2.24. The van der Waals surface area contributed by atoms with E-state index >= 15 is 0 Å². The Morgan fingerprint density at radius 2 is 1.58 bits per heavy atom. The molecule has 0 aliphatic carbocycles. The summed E-state index contributed by atoms with van der Waals surface area (Å²) in [5.41, 5.74) is 0. The zero-order valence-corrected chi connectivity index (χ0v) is 13.7. The van der Waals surface area contributed by atoms with Crippen LogP contribution in [0.25, 0.3) is 0 Å². The number of hydrogen-bond donors (Lipinski definition) is 0. The van der Waals surface area contributed by atoms with Crippen molar-refractivity contribution in [3.05, 3.63) is 24.3 Å². The Bertz CT molecular complexity index is 619. The van der Waals surface area contributed by atoms with Crippen LogP contribution >= 0.6 is 0 Å². The van der Waals surface area contributed by atoms with E-state index in [1.807, 2.05) is 25.1 Å². The second-order valence-corrected chi connectivity index (χ2v) is 5.26. The van der Waals surface area contributed by atoms with Crippen molar-refractivity contribution < 1.29 is 19.1 Å². The summed E-state index contributed by atoms with van der Waals surface area (Å²) in [4.78, 5) is 27.2. The number of carbonyl (C=O) groups is 2. The highest BCUT2D eigenvalue weighted by Crippen LogP contribution is 2.26. The fourth-order valence-corrected chi connectivity index (χ4v) is 2.46. The Balaban J connectivity index is 1.82. The van der Waals surface area contributed by atoms with E-state index in [9.17, 15) is 9.59 Å². The first-order valence-corrected chi connectivity index (χ1v) is 7.92. The lowest BCUT2D eigenvalue weighted by atomic mass is 10.3. The predicted octanol–water partition coefficient (Wildman–Crippen LogP) is 1.05. The largest absolute Gasteiger partial charge is 0.490 e. The summed E-state index contributed by atoms with van der Waals surface area (Å²) >= 11 is 0. The Kier molecular flexibility index (Phi) is 6.43. The summed E-state index contributed by atoms with van der Waals surface area (Å²) in [6.45, 7) is 4.13. The summed E-state index contributed by atoms with van der Waals surface area (Å²) in [6.07, 6.45) is -0.120. The second kappa shape index (κ2) is 8.77. The van der Waals surface area contributed by atoms with Gasteiger partial charge in [0.05, 0.1) is 12.7 Å². The summed E-state index contributed by atoms with van der Waals surface area (Å²) in [5.74, 6) is 0.829. The molecule has 0 bridgehead atoms. The number of benzene rings is 1. The van der Waals surface area contributed by atoms with Crippen molar-refractivity contribution in [3.8, 4) is 17.6 Å². The van der Waals surface area contributed by atoms with Gasteiger partial charge in [0.2, 0.25) is 5.91 Å². The van der Waals surface area contributed by atoms with Crippen LogP contribution in [0.1, 0.15) is 13.3 Å². The third-order valence-electron chi connectivity index (χ3n) is 3.72. The van der Waals surface area contributed by atoms with Gasteiger partial charge < -0.3 is 19.3 Å². The van der Waals surface area contributed by atoms with Crippen LogP contribution in [0.4, 0.5) is 0 Å². The minimum atomic E-state index is -0.188. The smallest absolute Gasteiger partial charge is 0.260 e. The maximum atomic E-state index is 12.2. The van der Waals surface area contributed by atoms with Gasteiger partial charge in [-0.3, -0.25) is 9.59 Å². The van der Waals surface area contributed by atoms with Crippen molar-refractivity contribution in [2.75, 3.05) is 39.4 Å². The molecule has 0 unspecified atom stereocenters. The number of para-hydroxylation sites is 2. The molecule has 24 heavy (non-hydrogen) atoms. The minimum Gasteiger partial charge on any atom is -0.490 e. The van der Waals surface area contributed by atoms with E-state index in [0.717, 1.165) is 0 Å². The van der Waals surface area contributed by atoms with E-state index in [1.165, 1.54) is 0 Å². The molecule has 0 atom stereocenters. The fourth-order valence-electron chi connectivity index (χ4n) is 2.46. The first-order valence-electron chi connectivity index (χ1n) is 7.92. The summed E-state index contributed by atoms with van der Waals surface area (Å²) in [7, 11) is 0. The van der Waals surface area contributed by atoms with Gasteiger partial charge in [-0.1, -0.05) is 12.1 Å². The number of nitrogens with zero attached hydrogens (tertiary/aromatic N) is 3. The Labute approximate surface area is 141 Å². The van der Waals surface area contributed by atoms with Crippen LogP contribution < -0.4 is 9.47 Å². The van der Waals surface area contributed by atoms with Gasteiger partial charge in [0.25, 0.3) is 5.91 Å². The highest BCUT2D eigenvalue weighted by molar-refractivity contribution is 5.80. The Hall–Kier alpha value is -2.75. The van der Waals surface area contributed by atoms with Gasteiger partial charge >= 0.3 is 0 Å². The fraction of sp³-hybridized carbons (Fsp3) is 0.471. The van der Waals surface area contributed by atoms with Crippen molar-refractivity contribution in [3.63, 3.8) is 0 Å². The average Bonchev–Trinajstić information content (AvgIpc) is 2.61. The molecule has 1 aliphatic heterocycles. The van der Waals surface area contributed by atoms with Crippen LogP contribution in [0.2, 0.25) is 0 Å². The van der Waals surface area contributed by atoms with Crippen molar-refractivity contribution in [2.24, 2.45) is 0 Å². The molecule has 1 aliphatic rings. The standard InChI is InChI=1S/C17H21N3O4/c1-2-23-14-5-3-4-6-15(14)24-13-17(22)20-11-9-19(10-12-20)16(21)7-8-18/h3-6H,2,7,9-13H2,1H3. The van der Waals surface area contributed by atoms with E-state index < -0.39 is 0 Å². The highest BCUT2D eigenvalue weighted by atomic mass is 16.5. The van der Waals surface area contributed by atoms with Crippen LogP contribution in [0.15, 0.2) is 24.3 Å². The normalized spacial score (nSPS) is 14.0. The van der Waals surface area contributed by atoms with Gasteiger partial charge in [0.15, 0.2) is 18.1 Å². The molecule has 1 fully saturated rings. The number of rotatable bonds is 6. The van der Waals surface area contributed by atoms with E-state index in [0.29, 0.717) is 44.3 Å². The first-order chi connectivity index (χ1) is 11.7. The van der Waals surface area contributed by atoms with Crippen molar-refractivity contribution in [2.45, 2.75) is 13.3 Å². The molecule has 7 heteroatoms. The molecule has 1 heterocycles. The van der Waals surface area contributed by atoms with E-state index in [-0.39, 0.29) is 24.8 Å². The van der Waals surface area contributed by atoms with Gasteiger partial charge in [-0.25, -0.2) is 0 Å². The number of nitriles is 1. The molecule has 0 spiro atoms. The van der Waals surface area contributed by atoms with Crippen molar-refractivity contribution in [1.82, 2.24) is 9.80 Å². The molecule has 2 amide bonds. The molecular formula is C17H21N3O4. The van der Waals surface area contributed by atoms with Crippen LogP contribution in [-0.2, 0) is 9.59 Å². The maximum absolute atomic E-state index is 12.2. The molecule has 1 aromatic rings. The maximum Gasteiger partial charge on any atom is 0.260 e. The molecule has 7 nitrogen and oxygen atoms in total. The molecule has 2 rings (SSSR count). The number of carbonyl (C=O) groups excluding carboxylic acids is 2. The third kappa shape index (κ3) is 4.62. The molecular weight excluding hydrogens is 310 g/mol. The molecule has 0 saturated carbocycles. The van der Waals surface area contributed by atoms with Gasteiger partial charge in [-0.05, 0) is 19.1 Å². The zero-order valence-electron chi connectivity index (χ0n) is 13.7. The van der Waals surface area contributed by atoms with Gasteiger partial charge in [-0.15, -0.1) is 0 Å². The van der Waals surface area contributed by atoms with Crippen LogP contribution in [0.3, 0.4) is 0 Å². The summed E-state index contributed by atoms with van der Waals surface area (Å²) in [6, 6.07) is 9.07. The Morgan fingerprint density at radius 1 is 1.04 bits per heavy atom. The second-order valence-electron chi connectivity index (χ2n) is 5.26. The topological polar surface area (TPSA) is 82.9 Å². The summed E-state index contributed by atoms with van der Waals surface area (Å²) in [5, 5.41) is 8.56. The van der Waals surface area contributed by atoms with E-state index in [2.05, 4.69) is 0 Å². The number of ether oxygens (including phenoxy) is 2. The SMILES string of the molecule is CCOc1ccccc1OCC(=O)N1CCN(C(=O)CC#N)CC1. The Morgan fingerprint density at radius 3 is 2.12 bits per heavy atom. The molecule has 0 N–H and O–H groups in total. The van der Waals surface area contributed by atoms with Crippen molar-refractivity contribution >= 4 is 11.8 Å². The molecule has 128 valence electrons. The van der Waals surface area contributed by atoms with Crippen LogP contribution in [0.5, 0.6) is 11.5 Å². The molecule has 1 saturated heterocycles. The lowest BCUT2D eigenvalue weighted by Gasteiger charge is -2.34. The quantitative estimate of drug-likeness (QED) is 0.778. The number of amides is 2. The van der Waals surface area contributed by atoms with E-state index in [4.69, 9.17) is 14.7 Å².